The SMILES string of the molecule is O=C(Nc1ccc2ccccc2c1)[C@@H]1CC1c1ccc(S(=O)(=O)Nc2ncccn2)cc1. The van der Waals surface area contributed by atoms with E-state index in [1.54, 1.807) is 18.2 Å². The number of aromatic nitrogens is 2. The van der Waals surface area contributed by atoms with E-state index in [9.17, 15) is 13.2 Å². The van der Waals surface area contributed by atoms with Crippen LogP contribution in [-0.2, 0) is 14.8 Å². The van der Waals surface area contributed by atoms with Gasteiger partial charge in [0.15, 0.2) is 0 Å². The van der Waals surface area contributed by atoms with E-state index in [1.807, 2.05) is 42.5 Å². The molecule has 0 spiro atoms. The van der Waals surface area contributed by atoms with E-state index in [-0.39, 0.29) is 28.6 Å². The number of carbonyl (C=O) groups is 1. The van der Waals surface area contributed by atoms with E-state index >= 15 is 0 Å². The molecule has 0 radical (unpaired) electrons. The van der Waals surface area contributed by atoms with Gasteiger partial charge in [0.2, 0.25) is 11.9 Å². The number of carbonyl (C=O) groups excluding carboxylic acids is 1. The van der Waals surface area contributed by atoms with Crippen LogP contribution in [0.4, 0.5) is 11.6 Å². The molecule has 1 aliphatic rings. The van der Waals surface area contributed by atoms with Gasteiger partial charge in [-0.15, -0.1) is 0 Å². The summed E-state index contributed by atoms with van der Waals surface area (Å²) in [7, 11) is -3.78. The van der Waals surface area contributed by atoms with Crippen LogP contribution >= 0.6 is 0 Å². The molecule has 8 heteroatoms. The molecule has 160 valence electrons. The molecule has 0 saturated heterocycles. The molecule has 1 saturated carbocycles. The Balaban J connectivity index is 1.24. The molecule has 2 N–H and O–H groups in total. The zero-order chi connectivity index (χ0) is 22.1. The van der Waals surface area contributed by atoms with E-state index in [2.05, 4.69) is 20.0 Å². The Morgan fingerprint density at radius 2 is 1.59 bits per heavy atom. The van der Waals surface area contributed by atoms with Crippen LogP contribution in [-0.4, -0.2) is 24.3 Å². The molecule has 1 aliphatic carbocycles. The van der Waals surface area contributed by atoms with Crippen LogP contribution in [0.3, 0.4) is 0 Å². The molecule has 1 fully saturated rings. The van der Waals surface area contributed by atoms with Gasteiger partial charge in [0.25, 0.3) is 10.0 Å². The maximum Gasteiger partial charge on any atom is 0.264 e. The second kappa shape index (κ2) is 8.05. The van der Waals surface area contributed by atoms with Gasteiger partial charge in [-0.3, -0.25) is 4.79 Å². The van der Waals surface area contributed by atoms with Crippen molar-refractivity contribution in [3.63, 3.8) is 0 Å². The van der Waals surface area contributed by atoms with Crippen molar-refractivity contribution < 1.29 is 13.2 Å². The van der Waals surface area contributed by atoms with Crippen LogP contribution in [0.25, 0.3) is 10.8 Å². The Kier molecular flexibility index (Phi) is 5.07. The standard InChI is InChI=1S/C24H20N4O3S/c29-23(27-19-9-6-16-4-1-2-5-18(16)14-19)22-15-21(22)17-7-10-20(11-8-17)32(30,31)28-24-25-12-3-13-26-24/h1-14,21-22H,15H2,(H,27,29)(H,25,26,28)/t21?,22-/m1/s1. The summed E-state index contributed by atoms with van der Waals surface area (Å²) in [4.78, 5) is 20.6. The van der Waals surface area contributed by atoms with Gasteiger partial charge in [0.05, 0.1) is 4.90 Å². The van der Waals surface area contributed by atoms with Gasteiger partial charge in [-0.1, -0.05) is 42.5 Å². The summed E-state index contributed by atoms with van der Waals surface area (Å²) in [5.74, 6) is -0.0496. The molecule has 0 bridgehead atoms. The maximum absolute atomic E-state index is 12.7. The predicted octanol–water partition coefficient (Wildman–Crippen LogP) is 4.17. The smallest absolute Gasteiger partial charge is 0.264 e. The van der Waals surface area contributed by atoms with Gasteiger partial charge in [-0.2, -0.15) is 0 Å². The Morgan fingerprint density at radius 3 is 2.34 bits per heavy atom. The number of hydrogen-bond donors (Lipinski definition) is 2. The highest BCUT2D eigenvalue weighted by molar-refractivity contribution is 7.92. The van der Waals surface area contributed by atoms with Crippen molar-refractivity contribution in [1.82, 2.24) is 9.97 Å². The van der Waals surface area contributed by atoms with Crippen molar-refractivity contribution in [3.8, 4) is 0 Å². The van der Waals surface area contributed by atoms with Crippen LogP contribution in [0.15, 0.2) is 90.1 Å². The second-order valence-electron chi connectivity index (χ2n) is 7.75. The average molecular weight is 445 g/mol. The Morgan fingerprint density at radius 1 is 0.875 bits per heavy atom. The van der Waals surface area contributed by atoms with E-state index in [0.717, 1.165) is 28.4 Å². The number of amides is 1. The molecule has 3 aromatic carbocycles. The maximum atomic E-state index is 12.7. The van der Waals surface area contributed by atoms with Gasteiger partial charge in [0.1, 0.15) is 0 Å². The minimum absolute atomic E-state index is 0.0178. The molecular weight excluding hydrogens is 424 g/mol. The highest BCUT2D eigenvalue weighted by Gasteiger charge is 2.44. The molecule has 0 aliphatic heterocycles. The van der Waals surface area contributed by atoms with E-state index in [0.29, 0.717) is 0 Å². The van der Waals surface area contributed by atoms with Crippen molar-refractivity contribution in [3.05, 3.63) is 90.8 Å². The van der Waals surface area contributed by atoms with Crippen LogP contribution in [0.2, 0.25) is 0 Å². The number of rotatable bonds is 6. The summed E-state index contributed by atoms with van der Waals surface area (Å²) in [6.07, 6.45) is 3.66. The average Bonchev–Trinajstić information content (AvgIpc) is 3.61. The highest BCUT2D eigenvalue weighted by Crippen LogP contribution is 2.48. The van der Waals surface area contributed by atoms with Gasteiger partial charge in [-0.25, -0.2) is 23.1 Å². The molecule has 2 atom stereocenters. The predicted molar refractivity (Wildman–Crippen MR) is 123 cm³/mol. The van der Waals surface area contributed by atoms with E-state index < -0.39 is 10.0 Å². The Labute approximate surface area is 185 Å². The Bertz CT molecular complexity index is 1390. The van der Waals surface area contributed by atoms with Gasteiger partial charge in [0, 0.05) is 24.0 Å². The van der Waals surface area contributed by atoms with Gasteiger partial charge >= 0.3 is 0 Å². The summed E-state index contributed by atoms with van der Waals surface area (Å²) >= 11 is 0. The summed E-state index contributed by atoms with van der Waals surface area (Å²) in [6, 6.07) is 22.1. The molecule has 7 nitrogen and oxygen atoms in total. The monoisotopic (exact) mass is 444 g/mol. The van der Waals surface area contributed by atoms with Crippen molar-refractivity contribution in [2.45, 2.75) is 17.2 Å². The van der Waals surface area contributed by atoms with Gasteiger partial charge < -0.3 is 5.32 Å². The molecule has 32 heavy (non-hydrogen) atoms. The molecule has 1 heterocycles. The number of fused-ring (bicyclic) bond motifs is 1. The van der Waals surface area contributed by atoms with Gasteiger partial charge in [-0.05, 0) is 59.0 Å². The topological polar surface area (TPSA) is 101 Å². The number of benzene rings is 3. The summed E-state index contributed by atoms with van der Waals surface area (Å²) in [6.45, 7) is 0. The highest BCUT2D eigenvalue weighted by atomic mass is 32.2. The first kappa shape index (κ1) is 20.1. The van der Waals surface area contributed by atoms with Crippen LogP contribution in [0, 0.1) is 5.92 Å². The minimum atomic E-state index is -3.78. The Hall–Kier alpha value is -3.78. The molecule has 1 unspecified atom stereocenters. The zero-order valence-electron chi connectivity index (χ0n) is 17.0. The largest absolute Gasteiger partial charge is 0.326 e. The number of nitrogens with one attached hydrogen (secondary N) is 2. The fraction of sp³-hybridized carbons (Fsp3) is 0.125. The third-order valence-corrected chi connectivity index (χ3v) is 6.90. The number of nitrogens with zero attached hydrogens (tertiary/aromatic N) is 2. The first-order valence-electron chi connectivity index (χ1n) is 10.2. The summed E-state index contributed by atoms with van der Waals surface area (Å²) in [5, 5.41) is 5.20. The molecular formula is C24H20N4O3S. The normalized spacial score (nSPS) is 17.6. The third kappa shape index (κ3) is 4.17. The molecule has 4 aromatic rings. The van der Waals surface area contributed by atoms with Crippen LogP contribution in [0.1, 0.15) is 17.9 Å². The van der Waals surface area contributed by atoms with Crippen molar-refractivity contribution in [2.24, 2.45) is 5.92 Å². The van der Waals surface area contributed by atoms with E-state index in [1.165, 1.54) is 24.5 Å². The number of sulfonamides is 1. The van der Waals surface area contributed by atoms with Crippen molar-refractivity contribution in [1.29, 1.82) is 0 Å². The molecule has 1 aromatic heterocycles. The lowest BCUT2D eigenvalue weighted by atomic mass is 10.1. The first-order valence-corrected chi connectivity index (χ1v) is 11.7. The summed E-state index contributed by atoms with van der Waals surface area (Å²) in [5.41, 5.74) is 1.72. The van der Waals surface area contributed by atoms with Crippen LogP contribution < -0.4 is 10.0 Å². The lowest BCUT2D eigenvalue weighted by Crippen LogP contribution is -2.15. The zero-order valence-corrected chi connectivity index (χ0v) is 17.8. The molecule has 1 amide bonds. The second-order valence-corrected chi connectivity index (χ2v) is 9.43. The minimum Gasteiger partial charge on any atom is -0.326 e. The van der Waals surface area contributed by atoms with Crippen molar-refractivity contribution >= 4 is 38.3 Å². The van der Waals surface area contributed by atoms with E-state index in [4.69, 9.17) is 0 Å². The number of anilines is 2. The quantitative estimate of drug-likeness (QED) is 0.465. The lowest BCUT2D eigenvalue weighted by Gasteiger charge is -2.08. The summed E-state index contributed by atoms with van der Waals surface area (Å²) < 4.78 is 27.4. The third-order valence-electron chi connectivity index (χ3n) is 5.55. The van der Waals surface area contributed by atoms with Crippen LogP contribution in [0.5, 0.6) is 0 Å². The fourth-order valence-electron chi connectivity index (χ4n) is 3.78. The first-order chi connectivity index (χ1) is 15.5. The van der Waals surface area contributed by atoms with Crippen molar-refractivity contribution in [2.75, 3.05) is 10.0 Å². The lowest BCUT2D eigenvalue weighted by molar-refractivity contribution is -0.117. The molecule has 5 rings (SSSR count). The number of hydrogen-bond acceptors (Lipinski definition) is 5. The fourth-order valence-corrected chi connectivity index (χ4v) is 4.74.